The number of carboxylic acid groups (broad SMARTS) is 1. The third-order valence-corrected chi connectivity index (χ3v) is 1.71. The number of rotatable bonds is 3. The van der Waals surface area contributed by atoms with Crippen molar-refractivity contribution in [3.05, 3.63) is 29.8 Å². The molecule has 0 aliphatic rings. The van der Waals surface area contributed by atoms with Crippen molar-refractivity contribution in [1.29, 1.82) is 11.1 Å². The minimum absolute atomic E-state index is 0.160. The van der Waals surface area contributed by atoms with E-state index in [1.54, 1.807) is 12.1 Å². The lowest BCUT2D eigenvalue weighted by Gasteiger charge is -2.05. The maximum atomic E-state index is 10.4. The quantitative estimate of drug-likeness (QED) is 0.375. The van der Waals surface area contributed by atoms with E-state index in [9.17, 15) is 4.79 Å². The summed E-state index contributed by atoms with van der Waals surface area (Å²) in [6.07, 6.45) is 0.273. The molecule has 7 heteroatoms. The molecule has 16 heavy (non-hydrogen) atoms. The molecule has 1 rings (SSSR count). The highest BCUT2D eigenvalue weighted by Gasteiger charge is 2.11. The summed E-state index contributed by atoms with van der Waals surface area (Å²) >= 11 is 0. The van der Waals surface area contributed by atoms with Gasteiger partial charge in [-0.05, 0) is 24.1 Å². The van der Waals surface area contributed by atoms with Gasteiger partial charge in [-0.2, -0.15) is 0 Å². The van der Waals surface area contributed by atoms with Crippen LogP contribution >= 0.6 is 0 Å². The first-order chi connectivity index (χ1) is 7.51. The summed E-state index contributed by atoms with van der Waals surface area (Å²) in [7, 11) is 0. The molecule has 0 aromatic heterocycles. The fourth-order valence-corrected chi connectivity index (χ4v) is 0.973. The number of carbonyl (C=O) groups is 1. The van der Waals surface area contributed by atoms with E-state index in [0.717, 1.165) is 5.56 Å². The predicted octanol–water partition coefficient (Wildman–Crippen LogP) is 0.462. The Hall–Kier alpha value is -2.24. The lowest BCUT2D eigenvalue weighted by Crippen LogP contribution is -2.32. The van der Waals surface area contributed by atoms with Gasteiger partial charge in [0.05, 0.1) is 0 Å². The van der Waals surface area contributed by atoms with Crippen molar-refractivity contribution in [2.24, 2.45) is 5.73 Å². The summed E-state index contributed by atoms with van der Waals surface area (Å²) in [6.45, 7) is 0. The Balaban J connectivity index is 0.000000673. The van der Waals surface area contributed by atoms with E-state index in [1.165, 1.54) is 12.1 Å². The highest BCUT2D eigenvalue weighted by Crippen LogP contribution is 2.10. The molecule has 0 aliphatic carbocycles. The lowest BCUT2D eigenvalue weighted by molar-refractivity contribution is -0.138. The molecule has 86 valence electrons. The average Bonchev–Trinajstić information content (AvgIpc) is 2.22. The summed E-state index contributed by atoms with van der Waals surface area (Å²) < 4.78 is 0. The van der Waals surface area contributed by atoms with Crippen molar-refractivity contribution in [2.45, 2.75) is 12.5 Å². The maximum absolute atomic E-state index is 10.4. The summed E-state index contributed by atoms with van der Waals surface area (Å²) in [4.78, 5) is 12.4. The van der Waals surface area contributed by atoms with E-state index < -0.39 is 12.0 Å². The average molecular weight is 225 g/mol. The molecule has 1 unspecified atom stereocenters. The Morgan fingerprint density at radius 2 is 1.81 bits per heavy atom. The van der Waals surface area contributed by atoms with Crippen LogP contribution in [-0.4, -0.2) is 22.2 Å². The maximum Gasteiger partial charge on any atom is 0.320 e. The van der Waals surface area contributed by atoms with E-state index >= 15 is 0 Å². The molecule has 0 fully saturated rings. The zero-order valence-electron chi connectivity index (χ0n) is 8.42. The van der Waals surface area contributed by atoms with Gasteiger partial charge in [-0.3, -0.25) is 4.79 Å². The SMILES string of the molecule is N=[N+]=N.NC(Cc1ccc(O)cc1)C(=O)O. The number of aliphatic carboxylic acids is 1. The second kappa shape index (κ2) is 7.10. The van der Waals surface area contributed by atoms with Gasteiger partial charge in [0.25, 0.3) is 0 Å². The number of hydrogen-bond acceptors (Lipinski definition) is 5. The smallest absolute Gasteiger partial charge is 0.320 e. The number of hydrogen-bond donors (Lipinski definition) is 5. The van der Waals surface area contributed by atoms with Crippen molar-refractivity contribution in [1.82, 2.24) is 4.91 Å². The topological polar surface area (TPSA) is 145 Å². The standard InChI is InChI=1S/C9H11NO3.H2N3/c10-8(9(12)13)5-6-1-3-7(11)4-2-6;1-3-2/h1-4,8,11H,5,10H2,(H,12,13);1-2H/q;+1. The first-order valence-electron chi connectivity index (χ1n) is 4.30. The van der Waals surface area contributed by atoms with Gasteiger partial charge in [-0.25, -0.2) is 0 Å². The molecular weight excluding hydrogens is 212 g/mol. The van der Waals surface area contributed by atoms with Crippen LogP contribution in [0.2, 0.25) is 0 Å². The van der Waals surface area contributed by atoms with Gasteiger partial charge in [0, 0.05) is 0 Å². The Morgan fingerprint density at radius 1 is 1.38 bits per heavy atom. The number of aromatic hydroxyl groups is 1. The van der Waals surface area contributed by atoms with Gasteiger partial charge >= 0.3 is 5.97 Å². The number of phenolic OH excluding ortho intramolecular Hbond substituents is 1. The fraction of sp³-hybridized carbons (Fsp3) is 0.222. The zero-order valence-corrected chi connectivity index (χ0v) is 8.42. The minimum atomic E-state index is -1.02. The van der Waals surface area contributed by atoms with Crippen molar-refractivity contribution >= 4 is 5.97 Å². The summed E-state index contributed by atoms with van der Waals surface area (Å²) in [5, 5.41) is 17.5. The van der Waals surface area contributed by atoms with E-state index in [-0.39, 0.29) is 12.2 Å². The molecule has 0 spiro atoms. The molecule has 1 aromatic carbocycles. The van der Waals surface area contributed by atoms with Crippen molar-refractivity contribution in [3.63, 3.8) is 0 Å². The molecular formula is C9H13N4O3+. The fourth-order valence-electron chi connectivity index (χ4n) is 0.973. The van der Waals surface area contributed by atoms with Gasteiger partial charge in [0.2, 0.25) is 4.91 Å². The summed E-state index contributed by atoms with van der Waals surface area (Å²) in [5.41, 5.74) is 17.1. The van der Waals surface area contributed by atoms with Crippen LogP contribution in [0, 0.1) is 11.1 Å². The zero-order chi connectivity index (χ0) is 12.6. The Kier molecular flexibility index (Phi) is 6.11. The van der Waals surface area contributed by atoms with Crippen LogP contribution in [0.25, 0.3) is 0 Å². The van der Waals surface area contributed by atoms with Gasteiger partial charge in [0.15, 0.2) is 0 Å². The van der Waals surface area contributed by atoms with Gasteiger partial charge in [0.1, 0.15) is 22.9 Å². The van der Waals surface area contributed by atoms with Crippen LogP contribution in [-0.2, 0) is 11.2 Å². The largest absolute Gasteiger partial charge is 0.508 e. The van der Waals surface area contributed by atoms with Gasteiger partial charge < -0.3 is 15.9 Å². The number of benzene rings is 1. The Labute approximate surface area is 91.5 Å². The third-order valence-electron chi connectivity index (χ3n) is 1.71. The molecule has 1 atom stereocenters. The van der Waals surface area contributed by atoms with Gasteiger partial charge in [-0.1, -0.05) is 12.1 Å². The van der Waals surface area contributed by atoms with Crippen LogP contribution < -0.4 is 10.6 Å². The molecule has 0 bridgehead atoms. The summed E-state index contributed by atoms with van der Waals surface area (Å²) in [5.74, 6) is -0.860. The normalized spacial score (nSPS) is 10.6. The number of carboxylic acids is 1. The lowest BCUT2D eigenvalue weighted by atomic mass is 10.1. The van der Waals surface area contributed by atoms with Crippen LogP contribution in [0.15, 0.2) is 24.3 Å². The molecule has 6 N–H and O–H groups in total. The highest BCUT2D eigenvalue weighted by atomic mass is 16.4. The van der Waals surface area contributed by atoms with Crippen molar-refractivity contribution in [2.75, 3.05) is 0 Å². The van der Waals surface area contributed by atoms with Crippen LogP contribution in [0.3, 0.4) is 0 Å². The van der Waals surface area contributed by atoms with Crippen LogP contribution in [0.5, 0.6) is 5.75 Å². The first-order valence-corrected chi connectivity index (χ1v) is 4.30. The van der Waals surface area contributed by atoms with Crippen molar-refractivity contribution in [3.8, 4) is 5.75 Å². The second-order valence-corrected chi connectivity index (χ2v) is 2.93. The molecule has 0 saturated carbocycles. The molecule has 0 amide bonds. The van der Waals surface area contributed by atoms with E-state index in [4.69, 9.17) is 27.0 Å². The Morgan fingerprint density at radius 3 is 2.19 bits per heavy atom. The number of nitrogens with one attached hydrogen (secondary N) is 2. The third kappa shape index (κ3) is 5.48. The number of phenols is 1. The molecule has 1 aromatic rings. The van der Waals surface area contributed by atoms with Gasteiger partial charge in [-0.15, -0.1) is 0 Å². The molecule has 7 nitrogen and oxygen atoms in total. The number of nitrogens with two attached hydrogens (primary N) is 1. The minimum Gasteiger partial charge on any atom is -0.508 e. The predicted molar refractivity (Wildman–Crippen MR) is 55.0 cm³/mol. The van der Waals surface area contributed by atoms with Crippen LogP contribution in [0.4, 0.5) is 0 Å². The number of nitrogens with zero attached hydrogens (tertiary/aromatic N) is 1. The summed E-state index contributed by atoms with van der Waals surface area (Å²) in [6, 6.07) is 5.42. The van der Waals surface area contributed by atoms with Crippen molar-refractivity contribution < 1.29 is 15.0 Å². The molecule has 0 radical (unpaired) electrons. The highest BCUT2D eigenvalue weighted by molar-refractivity contribution is 5.73. The molecule has 0 saturated heterocycles. The monoisotopic (exact) mass is 225 g/mol. The molecule has 0 heterocycles. The Bertz CT molecular complexity index is 371. The van der Waals surface area contributed by atoms with Crippen LogP contribution in [0.1, 0.15) is 5.56 Å². The van der Waals surface area contributed by atoms with E-state index in [0.29, 0.717) is 0 Å². The first kappa shape index (κ1) is 13.8. The van der Waals surface area contributed by atoms with E-state index in [2.05, 4.69) is 0 Å². The second-order valence-electron chi connectivity index (χ2n) is 2.93. The molecule has 0 aliphatic heterocycles. The van der Waals surface area contributed by atoms with E-state index in [1.807, 2.05) is 4.91 Å².